The molecule has 0 rings (SSSR count). The highest BCUT2D eigenvalue weighted by atomic mass is 16.4. The minimum Gasteiger partial charge on any atom is -0.481 e. The highest BCUT2D eigenvalue weighted by Crippen LogP contribution is 2.02. The molecule has 0 aliphatic carbocycles. The van der Waals surface area contributed by atoms with Gasteiger partial charge in [0.05, 0.1) is 6.10 Å². The summed E-state index contributed by atoms with van der Waals surface area (Å²) >= 11 is 0. The normalized spacial score (nSPS) is 13.8. The Hall–Kier alpha value is -1.61. The van der Waals surface area contributed by atoms with Crippen molar-refractivity contribution in [1.29, 1.82) is 0 Å². The Bertz CT molecular complexity index is 392. The molecule has 0 bridgehead atoms. The van der Waals surface area contributed by atoms with Crippen LogP contribution in [0.25, 0.3) is 0 Å². The van der Waals surface area contributed by atoms with Crippen LogP contribution in [0, 0.1) is 0 Å². The first-order chi connectivity index (χ1) is 11.2. The lowest BCUT2D eigenvalue weighted by Gasteiger charge is -2.02. The maximum Gasteiger partial charge on any atom is 0.303 e. The number of carboxylic acid groups (broad SMARTS) is 1. The van der Waals surface area contributed by atoms with Crippen LogP contribution in [0.2, 0.25) is 0 Å². The van der Waals surface area contributed by atoms with Crippen molar-refractivity contribution in [3.63, 3.8) is 0 Å². The Morgan fingerprint density at radius 2 is 1.48 bits per heavy atom. The van der Waals surface area contributed by atoms with Crippen molar-refractivity contribution in [2.75, 3.05) is 0 Å². The Labute approximate surface area is 141 Å². The summed E-state index contributed by atoms with van der Waals surface area (Å²) < 4.78 is 0. The molecule has 130 valence electrons. The maximum atomic E-state index is 10.3. The van der Waals surface area contributed by atoms with Crippen molar-refractivity contribution in [3.8, 4) is 0 Å². The molecule has 23 heavy (non-hydrogen) atoms. The van der Waals surface area contributed by atoms with Crippen LogP contribution in [0.4, 0.5) is 0 Å². The van der Waals surface area contributed by atoms with E-state index in [2.05, 4.69) is 37.3 Å². The van der Waals surface area contributed by atoms with E-state index >= 15 is 0 Å². The molecule has 0 radical (unpaired) electrons. The summed E-state index contributed by atoms with van der Waals surface area (Å²) in [5.41, 5.74) is 0. The summed E-state index contributed by atoms with van der Waals surface area (Å²) in [6.45, 7) is 2.13. The predicted molar refractivity (Wildman–Crippen MR) is 97.4 cm³/mol. The Morgan fingerprint density at radius 1 is 0.913 bits per heavy atom. The van der Waals surface area contributed by atoms with Gasteiger partial charge in [-0.3, -0.25) is 4.79 Å². The van der Waals surface area contributed by atoms with E-state index in [9.17, 15) is 9.90 Å². The number of aliphatic hydroxyl groups excluding tert-OH is 1. The topological polar surface area (TPSA) is 57.5 Å². The maximum absolute atomic E-state index is 10.3. The largest absolute Gasteiger partial charge is 0.481 e. The van der Waals surface area contributed by atoms with E-state index in [0.29, 0.717) is 6.42 Å². The Balaban J connectivity index is 3.53. The van der Waals surface area contributed by atoms with Gasteiger partial charge in [-0.1, -0.05) is 68.4 Å². The fraction of sp³-hybridized carbons (Fsp3) is 0.550. The lowest BCUT2D eigenvalue weighted by Crippen LogP contribution is -2.00. The van der Waals surface area contributed by atoms with Gasteiger partial charge in [-0.25, -0.2) is 0 Å². The standard InChI is InChI=1S/C20H32O3/c1-2-3-16-19(21)17-14-12-10-8-6-4-5-7-9-11-13-15-18-20(22)23/h4-5,8-11,14,17,19,21H,2-3,6-7,12-13,15-16,18H2,1H3,(H,22,23)/b5-4+,10-8+,11-9+,17-14+. The van der Waals surface area contributed by atoms with Crippen molar-refractivity contribution in [2.24, 2.45) is 0 Å². The van der Waals surface area contributed by atoms with Crippen LogP contribution in [0.3, 0.4) is 0 Å². The van der Waals surface area contributed by atoms with Crippen molar-refractivity contribution < 1.29 is 15.0 Å². The molecule has 1 unspecified atom stereocenters. The van der Waals surface area contributed by atoms with Crippen LogP contribution >= 0.6 is 0 Å². The second-order valence-corrected chi connectivity index (χ2v) is 5.55. The molecule has 1 atom stereocenters. The van der Waals surface area contributed by atoms with Crippen LogP contribution < -0.4 is 0 Å². The fourth-order valence-electron chi connectivity index (χ4n) is 1.95. The molecule has 0 fully saturated rings. The van der Waals surface area contributed by atoms with Gasteiger partial charge in [-0.2, -0.15) is 0 Å². The van der Waals surface area contributed by atoms with Gasteiger partial charge in [0.15, 0.2) is 0 Å². The molecular weight excluding hydrogens is 288 g/mol. The molecule has 0 heterocycles. The van der Waals surface area contributed by atoms with Crippen molar-refractivity contribution >= 4 is 5.97 Å². The van der Waals surface area contributed by atoms with Gasteiger partial charge in [-0.05, 0) is 38.5 Å². The number of rotatable bonds is 14. The monoisotopic (exact) mass is 320 g/mol. The van der Waals surface area contributed by atoms with E-state index < -0.39 is 5.97 Å². The predicted octanol–water partition coefficient (Wildman–Crippen LogP) is 5.19. The molecule has 0 amide bonds. The quantitative estimate of drug-likeness (QED) is 0.342. The van der Waals surface area contributed by atoms with E-state index in [1.165, 1.54) is 0 Å². The molecule has 0 aromatic heterocycles. The van der Waals surface area contributed by atoms with E-state index in [4.69, 9.17) is 5.11 Å². The Morgan fingerprint density at radius 3 is 2.04 bits per heavy atom. The average molecular weight is 320 g/mol. The third-order valence-electron chi connectivity index (χ3n) is 3.29. The third-order valence-corrected chi connectivity index (χ3v) is 3.29. The molecule has 0 aromatic rings. The van der Waals surface area contributed by atoms with Crippen LogP contribution in [0.1, 0.15) is 64.7 Å². The van der Waals surface area contributed by atoms with Crippen molar-refractivity contribution in [1.82, 2.24) is 0 Å². The SMILES string of the molecule is CCCCC(O)/C=C/C/C=C/C/C=C/C/C=C/CCCC(=O)O. The first kappa shape index (κ1) is 21.4. The summed E-state index contributed by atoms with van der Waals surface area (Å²) in [5, 5.41) is 18.1. The van der Waals surface area contributed by atoms with Gasteiger partial charge >= 0.3 is 5.97 Å². The average Bonchev–Trinajstić information content (AvgIpc) is 2.52. The zero-order valence-electron chi connectivity index (χ0n) is 14.4. The van der Waals surface area contributed by atoms with Crippen LogP contribution in [-0.2, 0) is 4.79 Å². The smallest absolute Gasteiger partial charge is 0.303 e. The second-order valence-electron chi connectivity index (χ2n) is 5.55. The van der Waals surface area contributed by atoms with Crippen molar-refractivity contribution in [2.45, 2.75) is 70.8 Å². The molecule has 2 N–H and O–H groups in total. The molecule has 0 saturated heterocycles. The lowest BCUT2D eigenvalue weighted by atomic mass is 10.1. The highest BCUT2D eigenvalue weighted by molar-refractivity contribution is 5.66. The molecule has 0 aromatic carbocycles. The van der Waals surface area contributed by atoms with E-state index in [1.807, 2.05) is 18.2 Å². The van der Waals surface area contributed by atoms with Crippen LogP contribution in [0.5, 0.6) is 0 Å². The van der Waals surface area contributed by atoms with Crippen LogP contribution in [0.15, 0.2) is 48.6 Å². The molecule has 0 saturated carbocycles. The minimum atomic E-state index is -0.726. The summed E-state index contributed by atoms with van der Waals surface area (Å²) in [7, 11) is 0. The first-order valence-corrected chi connectivity index (χ1v) is 8.68. The number of hydrogen-bond acceptors (Lipinski definition) is 2. The van der Waals surface area contributed by atoms with E-state index in [1.54, 1.807) is 0 Å². The Kier molecular flexibility index (Phi) is 15.6. The summed E-state index contributed by atoms with van der Waals surface area (Å²) in [5.74, 6) is -0.726. The minimum absolute atomic E-state index is 0.245. The van der Waals surface area contributed by atoms with Gasteiger partial charge in [-0.15, -0.1) is 0 Å². The molecule has 0 spiro atoms. The van der Waals surface area contributed by atoms with E-state index in [-0.39, 0.29) is 12.5 Å². The van der Waals surface area contributed by atoms with Gasteiger partial charge in [0, 0.05) is 6.42 Å². The third kappa shape index (κ3) is 18.3. The van der Waals surface area contributed by atoms with Crippen LogP contribution in [-0.4, -0.2) is 22.3 Å². The van der Waals surface area contributed by atoms with E-state index in [0.717, 1.165) is 44.9 Å². The molecule has 0 aliphatic heterocycles. The molecule has 3 nitrogen and oxygen atoms in total. The highest BCUT2D eigenvalue weighted by Gasteiger charge is 1.95. The summed E-state index contributed by atoms with van der Waals surface area (Å²) in [4.78, 5) is 10.3. The van der Waals surface area contributed by atoms with Gasteiger partial charge in [0.2, 0.25) is 0 Å². The zero-order valence-corrected chi connectivity index (χ0v) is 14.4. The van der Waals surface area contributed by atoms with Gasteiger partial charge in [0.1, 0.15) is 0 Å². The fourth-order valence-corrected chi connectivity index (χ4v) is 1.95. The number of allylic oxidation sites excluding steroid dienone is 7. The molecular formula is C20H32O3. The lowest BCUT2D eigenvalue weighted by molar-refractivity contribution is -0.137. The van der Waals surface area contributed by atoms with Gasteiger partial charge in [0.25, 0.3) is 0 Å². The van der Waals surface area contributed by atoms with Gasteiger partial charge < -0.3 is 10.2 Å². The first-order valence-electron chi connectivity index (χ1n) is 8.68. The second kappa shape index (κ2) is 16.8. The number of aliphatic carboxylic acids is 1. The number of carboxylic acids is 1. The summed E-state index contributed by atoms with van der Waals surface area (Å²) in [6, 6.07) is 0. The molecule has 3 heteroatoms. The molecule has 0 aliphatic rings. The number of carbonyl (C=O) groups is 1. The number of unbranched alkanes of at least 4 members (excludes halogenated alkanes) is 2. The van der Waals surface area contributed by atoms with Crippen molar-refractivity contribution in [3.05, 3.63) is 48.6 Å². The summed E-state index contributed by atoms with van der Waals surface area (Å²) in [6.07, 6.45) is 23.7. The number of aliphatic hydroxyl groups is 1. The number of hydrogen-bond donors (Lipinski definition) is 2. The zero-order chi connectivity index (χ0) is 17.2.